The molecule has 0 saturated heterocycles. The van der Waals surface area contributed by atoms with Crippen LogP contribution in [-0.2, 0) is 20.9 Å². The molecule has 7 heteroatoms. The standard InChI is InChI=1S/C14H15ClN2O4/c1-3-20-14(18)12(9-5-4-6-10(15)7-9)13-16-11(8-19-2)17-21-13/h4-7,12H,3,8H2,1-2H3. The second-order valence-electron chi connectivity index (χ2n) is 4.22. The van der Waals surface area contributed by atoms with Crippen molar-refractivity contribution in [1.82, 2.24) is 10.1 Å². The normalized spacial score (nSPS) is 12.1. The maximum absolute atomic E-state index is 12.2. The van der Waals surface area contributed by atoms with Crippen LogP contribution in [0.25, 0.3) is 0 Å². The summed E-state index contributed by atoms with van der Waals surface area (Å²) >= 11 is 5.97. The van der Waals surface area contributed by atoms with E-state index in [0.29, 0.717) is 16.4 Å². The van der Waals surface area contributed by atoms with Crippen LogP contribution in [0.15, 0.2) is 28.8 Å². The average molecular weight is 311 g/mol. The zero-order chi connectivity index (χ0) is 15.2. The number of ether oxygens (including phenoxy) is 2. The summed E-state index contributed by atoms with van der Waals surface area (Å²) in [5.74, 6) is -0.749. The Hall–Kier alpha value is -1.92. The summed E-state index contributed by atoms with van der Waals surface area (Å²) in [4.78, 5) is 16.4. The summed E-state index contributed by atoms with van der Waals surface area (Å²) in [5, 5.41) is 4.28. The smallest absolute Gasteiger partial charge is 0.323 e. The number of esters is 1. The van der Waals surface area contributed by atoms with E-state index in [2.05, 4.69) is 10.1 Å². The van der Waals surface area contributed by atoms with Gasteiger partial charge < -0.3 is 14.0 Å². The molecule has 1 atom stereocenters. The Morgan fingerprint density at radius 3 is 2.95 bits per heavy atom. The minimum absolute atomic E-state index is 0.155. The van der Waals surface area contributed by atoms with Crippen molar-refractivity contribution in [1.29, 1.82) is 0 Å². The van der Waals surface area contributed by atoms with E-state index in [9.17, 15) is 4.79 Å². The van der Waals surface area contributed by atoms with Gasteiger partial charge in [-0.1, -0.05) is 28.9 Å². The molecule has 112 valence electrons. The molecular weight excluding hydrogens is 296 g/mol. The first-order chi connectivity index (χ1) is 10.2. The minimum atomic E-state index is -0.804. The van der Waals surface area contributed by atoms with Gasteiger partial charge in [-0.05, 0) is 24.6 Å². The molecule has 0 aliphatic heterocycles. The first kappa shape index (κ1) is 15.5. The Bertz CT molecular complexity index is 615. The fraction of sp³-hybridized carbons (Fsp3) is 0.357. The number of halogens is 1. The van der Waals surface area contributed by atoms with E-state index in [0.717, 1.165) is 0 Å². The largest absolute Gasteiger partial charge is 0.465 e. The molecule has 0 aliphatic carbocycles. The van der Waals surface area contributed by atoms with E-state index >= 15 is 0 Å². The molecular formula is C14H15ClN2O4. The van der Waals surface area contributed by atoms with Crippen LogP contribution in [0.4, 0.5) is 0 Å². The molecule has 0 saturated carbocycles. The van der Waals surface area contributed by atoms with E-state index < -0.39 is 11.9 Å². The lowest BCUT2D eigenvalue weighted by atomic mass is 9.99. The zero-order valence-electron chi connectivity index (χ0n) is 11.7. The first-order valence-electron chi connectivity index (χ1n) is 6.39. The van der Waals surface area contributed by atoms with Crippen molar-refractivity contribution >= 4 is 17.6 Å². The van der Waals surface area contributed by atoms with Crippen LogP contribution in [0, 0.1) is 0 Å². The quantitative estimate of drug-likeness (QED) is 0.763. The molecule has 21 heavy (non-hydrogen) atoms. The third kappa shape index (κ3) is 3.80. The highest BCUT2D eigenvalue weighted by molar-refractivity contribution is 6.30. The number of hydrogen-bond acceptors (Lipinski definition) is 6. The number of carbonyl (C=O) groups is 1. The number of carbonyl (C=O) groups excluding carboxylic acids is 1. The third-order valence-electron chi connectivity index (χ3n) is 2.71. The van der Waals surface area contributed by atoms with E-state index in [1.807, 2.05) is 0 Å². The molecule has 2 rings (SSSR count). The Morgan fingerprint density at radius 2 is 2.29 bits per heavy atom. The maximum atomic E-state index is 12.2. The van der Waals surface area contributed by atoms with Gasteiger partial charge in [0.1, 0.15) is 6.61 Å². The Labute approximate surface area is 127 Å². The van der Waals surface area contributed by atoms with Crippen molar-refractivity contribution in [2.24, 2.45) is 0 Å². The Balaban J connectivity index is 2.37. The topological polar surface area (TPSA) is 74.5 Å². The van der Waals surface area contributed by atoms with Crippen molar-refractivity contribution in [3.05, 3.63) is 46.6 Å². The molecule has 6 nitrogen and oxygen atoms in total. The van der Waals surface area contributed by atoms with Gasteiger partial charge in [0.05, 0.1) is 6.61 Å². The van der Waals surface area contributed by atoms with Crippen LogP contribution in [0.1, 0.15) is 30.1 Å². The lowest BCUT2D eigenvalue weighted by molar-refractivity contribution is -0.144. The van der Waals surface area contributed by atoms with Gasteiger partial charge in [-0.2, -0.15) is 4.98 Å². The average Bonchev–Trinajstić information content (AvgIpc) is 2.88. The van der Waals surface area contributed by atoms with Crippen molar-refractivity contribution < 1.29 is 18.8 Å². The summed E-state index contributed by atoms with van der Waals surface area (Å²) in [6.07, 6.45) is 0. The summed E-state index contributed by atoms with van der Waals surface area (Å²) in [5.41, 5.74) is 0.633. The second kappa shape index (κ2) is 7.19. The van der Waals surface area contributed by atoms with E-state index in [4.69, 9.17) is 25.6 Å². The maximum Gasteiger partial charge on any atom is 0.323 e. The molecule has 1 heterocycles. The predicted octanol–water partition coefficient (Wildman–Crippen LogP) is 2.56. The van der Waals surface area contributed by atoms with Gasteiger partial charge in [0.25, 0.3) is 0 Å². The van der Waals surface area contributed by atoms with Crippen LogP contribution < -0.4 is 0 Å². The molecule has 0 N–H and O–H groups in total. The highest BCUT2D eigenvalue weighted by Crippen LogP contribution is 2.27. The van der Waals surface area contributed by atoms with Gasteiger partial charge in [-0.15, -0.1) is 0 Å². The number of methoxy groups -OCH3 is 1. The van der Waals surface area contributed by atoms with Crippen molar-refractivity contribution in [2.45, 2.75) is 19.4 Å². The Kier molecular flexibility index (Phi) is 5.30. The summed E-state index contributed by atoms with van der Waals surface area (Å²) in [6, 6.07) is 6.89. The molecule has 1 aromatic carbocycles. The number of rotatable bonds is 6. The van der Waals surface area contributed by atoms with Crippen LogP contribution in [0.3, 0.4) is 0 Å². The number of aromatic nitrogens is 2. The van der Waals surface area contributed by atoms with Gasteiger partial charge in [-0.25, -0.2) is 0 Å². The number of nitrogens with zero attached hydrogens (tertiary/aromatic N) is 2. The lowest BCUT2D eigenvalue weighted by Crippen LogP contribution is -2.17. The molecule has 2 aromatic rings. The SMILES string of the molecule is CCOC(=O)C(c1cccc(Cl)c1)c1nc(COC)no1. The highest BCUT2D eigenvalue weighted by Gasteiger charge is 2.30. The lowest BCUT2D eigenvalue weighted by Gasteiger charge is -2.12. The van der Waals surface area contributed by atoms with Crippen LogP contribution in [0.2, 0.25) is 5.02 Å². The van der Waals surface area contributed by atoms with Gasteiger partial charge in [0.15, 0.2) is 11.7 Å². The van der Waals surface area contributed by atoms with E-state index in [-0.39, 0.29) is 19.1 Å². The molecule has 0 amide bonds. The Morgan fingerprint density at radius 1 is 1.48 bits per heavy atom. The van der Waals surface area contributed by atoms with Gasteiger partial charge in [0, 0.05) is 12.1 Å². The first-order valence-corrected chi connectivity index (χ1v) is 6.77. The summed E-state index contributed by atoms with van der Waals surface area (Å²) < 4.78 is 15.2. The fourth-order valence-electron chi connectivity index (χ4n) is 1.86. The van der Waals surface area contributed by atoms with Crippen LogP contribution in [-0.4, -0.2) is 29.8 Å². The summed E-state index contributed by atoms with van der Waals surface area (Å²) in [7, 11) is 1.52. The third-order valence-corrected chi connectivity index (χ3v) is 2.94. The van der Waals surface area contributed by atoms with E-state index in [1.54, 1.807) is 31.2 Å². The molecule has 1 unspecified atom stereocenters. The van der Waals surface area contributed by atoms with Crippen molar-refractivity contribution in [3.8, 4) is 0 Å². The summed E-state index contributed by atoms with van der Waals surface area (Å²) in [6.45, 7) is 2.20. The monoisotopic (exact) mass is 310 g/mol. The van der Waals surface area contributed by atoms with E-state index in [1.165, 1.54) is 7.11 Å². The fourth-order valence-corrected chi connectivity index (χ4v) is 2.06. The molecule has 0 aliphatic rings. The highest BCUT2D eigenvalue weighted by atomic mass is 35.5. The molecule has 0 radical (unpaired) electrons. The molecule has 1 aromatic heterocycles. The molecule has 0 fully saturated rings. The minimum Gasteiger partial charge on any atom is -0.465 e. The zero-order valence-corrected chi connectivity index (χ0v) is 12.5. The van der Waals surface area contributed by atoms with Crippen LogP contribution >= 0.6 is 11.6 Å². The molecule has 0 spiro atoms. The predicted molar refractivity (Wildman–Crippen MR) is 74.9 cm³/mol. The van der Waals surface area contributed by atoms with Crippen molar-refractivity contribution in [2.75, 3.05) is 13.7 Å². The number of hydrogen-bond donors (Lipinski definition) is 0. The second-order valence-corrected chi connectivity index (χ2v) is 4.66. The van der Waals surface area contributed by atoms with Crippen molar-refractivity contribution in [3.63, 3.8) is 0 Å². The molecule has 0 bridgehead atoms. The van der Waals surface area contributed by atoms with Gasteiger partial charge >= 0.3 is 5.97 Å². The number of benzene rings is 1. The van der Waals surface area contributed by atoms with Gasteiger partial charge in [0.2, 0.25) is 5.89 Å². The van der Waals surface area contributed by atoms with Crippen LogP contribution in [0.5, 0.6) is 0 Å². The van der Waals surface area contributed by atoms with Gasteiger partial charge in [-0.3, -0.25) is 4.79 Å².